The lowest BCUT2D eigenvalue weighted by Crippen LogP contribution is -2.41. The van der Waals surface area contributed by atoms with E-state index < -0.39 is 0 Å². The van der Waals surface area contributed by atoms with Crippen LogP contribution >= 0.6 is 0 Å². The van der Waals surface area contributed by atoms with Gasteiger partial charge in [-0.05, 0) is 52.1 Å². The maximum absolute atomic E-state index is 12.2. The van der Waals surface area contributed by atoms with Gasteiger partial charge in [0.1, 0.15) is 6.54 Å². The average Bonchev–Trinajstić information content (AvgIpc) is 2.42. The van der Waals surface area contributed by atoms with Crippen molar-refractivity contribution in [1.82, 2.24) is 10.2 Å². The van der Waals surface area contributed by atoms with E-state index in [-0.39, 0.29) is 24.5 Å². The van der Waals surface area contributed by atoms with Crippen LogP contribution in [0.1, 0.15) is 39.5 Å². The highest BCUT2D eigenvalue weighted by Crippen LogP contribution is 2.17. The van der Waals surface area contributed by atoms with E-state index in [1.54, 1.807) is 4.90 Å². The summed E-state index contributed by atoms with van der Waals surface area (Å²) in [6.07, 6.45) is 3.80. The van der Waals surface area contributed by atoms with Crippen LogP contribution in [0.4, 0.5) is 0 Å². The number of carbonyl (C=O) groups excluding carboxylic acids is 2. The van der Waals surface area contributed by atoms with Crippen molar-refractivity contribution in [2.24, 2.45) is 5.92 Å². The topological polar surface area (TPSA) is 58.6 Å². The second-order valence-corrected chi connectivity index (χ2v) is 5.44. The molecule has 1 aliphatic rings. The van der Waals surface area contributed by atoms with Crippen LogP contribution in [0.5, 0.6) is 0 Å². The summed E-state index contributed by atoms with van der Waals surface area (Å²) in [6, 6.07) is 0.0241. The fraction of sp³-hybridized carbons (Fsp3) is 0.857. The van der Waals surface area contributed by atoms with Gasteiger partial charge in [0.15, 0.2) is 0 Å². The Hall–Kier alpha value is -1.10. The number of esters is 1. The summed E-state index contributed by atoms with van der Waals surface area (Å²) in [5, 5.41) is 3.35. The molecule has 5 heteroatoms. The normalized spacial score (nSPS) is 19.3. The first-order valence-electron chi connectivity index (χ1n) is 7.11. The summed E-state index contributed by atoms with van der Waals surface area (Å²) >= 11 is 0. The number of hydrogen-bond donors (Lipinski definition) is 1. The Morgan fingerprint density at radius 2 is 2.16 bits per heavy atom. The zero-order chi connectivity index (χ0) is 14.3. The van der Waals surface area contributed by atoms with E-state index in [2.05, 4.69) is 10.1 Å². The van der Waals surface area contributed by atoms with Crippen molar-refractivity contribution in [2.75, 3.05) is 26.7 Å². The molecule has 0 saturated carbocycles. The van der Waals surface area contributed by atoms with E-state index in [4.69, 9.17) is 0 Å². The summed E-state index contributed by atoms with van der Waals surface area (Å²) < 4.78 is 4.63. The summed E-state index contributed by atoms with van der Waals surface area (Å²) in [6.45, 7) is 5.98. The maximum atomic E-state index is 12.2. The van der Waals surface area contributed by atoms with Crippen molar-refractivity contribution in [2.45, 2.75) is 45.6 Å². The molecule has 110 valence electrons. The van der Waals surface area contributed by atoms with Crippen molar-refractivity contribution in [3.05, 3.63) is 0 Å². The van der Waals surface area contributed by atoms with Gasteiger partial charge >= 0.3 is 5.97 Å². The highest BCUT2D eigenvalue weighted by molar-refractivity contribution is 5.82. The van der Waals surface area contributed by atoms with Gasteiger partial charge in [-0.1, -0.05) is 0 Å². The lowest BCUT2D eigenvalue weighted by molar-refractivity contribution is -0.148. The van der Waals surface area contributed by atoms with Crippen LogP contribution in [0.25, 0.3) is 0 Å². The van der Waals surface area contributed by atoms with Crippen LogP contribution in [0.15, 0.2) is 0 Å². The average molecular weight is 270 g/mol. The molecule has 0 aliphatic carbocycles. The van der Waals surface area contributed by atoms with Crippen LogP contribution in [0.2, 0.25) is 0 Å². The minimum atomic E-state index is -0.360. The minimum Gasteiger partial charge on any atom is -0.468 e. The van der Waals surface area contributed by atoms with E-state index in [1.165, 1.54) is 20.0 Å². The number of hydrogen-bond acceptors (Lipinski definition) is 4. The Morgan fingerprint density at radius 3 is 2.68 bits per heavy atom. The second kappa shape index (κ2) is 8.15. The van der Waals surface area contributed by atoms with Gasteiger partial charge < -0.3 is 15.0 Å². The van der Waals surface area contributed by atoms with Gasteiger partial charge in [0.05, 0.1) is 7.11 Å². The fourth-order valence-electron chi connectivity index (χ4n) is 2.40. The van der Waals surface area contributed by atoms with Crippen LogP contribution in [0, 0.1) is 5.92 Å². The van der Waals surface area contributed by atoms with Gasteiger partial charge in [-0.2, -0.15) is 0 Å². The molecular formula is C14H26N2O3. The maximum Gasteiger partial charge on any atom is 0.325 e. The van der Waals surface area contributed by atoms with Gasteiger partial charge in [-0.15, -0.1) is 0 Å². The monoisotopic (exact) mass is 270 g/mol. The van der Waals surface area contributed by atoms with Gasteiger partial charge in [0.2, 0.25) is 5.91 Å². The molecule has 1 unspecified atom stereocenters. The first kappa shape index (κ1) is 16.0. The molecule has 5 nitrogen and oxygen atoms in total. The zero-order valence-electron chi connectivity index (χ0n) is 12.3. The first-order chi connectivity index (χ1) is 9.04. The number of rotatable bonds is 6. The van der Waals surface area contributed by atoms with E-state index >= 15 is 0 Å². The van der Waals surface area contributed by atoms with Gasteiger partial charge in [-0.25, -0.2) is 0 Å². The van der Waals surface area contributed by atoms with Crippen molar-refractivity contribution in [1.29, 1.82) is 0 Å². The van der Waals surface area contributed by atoms with Gasteiger partial charge in [0.25, 0.3) is 0 Å². The van der Waals surface area contributed by atoms with Crippen molar-refractivity contribution < 1.29 is 14.3 Å². The van der Waals surface area contributed by atoms with Crippen molar-refractivity contribution in [3.63, 3.8) is 0 Å². The number of ether oxygens (including phenoxy) is 1. The molecule has 19 heavy (non-hydrogen) atoms. The number of methoxy groups -OCH3 is 1. The Bertz CT molecular complexity index is 299. The molecular weight excluding hydrogens is 244 g/mol. The van der Waals surface area contributed by atoms with Crippen molar-refractivity contribution in [3.8, 4) is 0 Å². The van der Waals surface area contributed by atoms with Crippen LogP contribution in [-0.2, 0) is 14.3 Å². The summed E-state index contributed by atoms with van der Waals surface area (Å²) in [5.41, 5.74) is 0. The Morgan fingerprint density at radius 1 is 1.42 bits per heavy atom. The Kier molecular flexibility index (Phi) is 6.84. The van der Waals surface area contributed by atoms with E-state index in [0.717, 1.165) is 19.5 Å². The lowest BCUT2D eigenvalue weighted by atomic mass is 9.94. The van der Waals surface area contributed by atoms with Crippen LogP contribution in [0.3, 0.4) is 0 Å². The standard InChI is InChI=1S/C14H26N2O3/c1-11(2)16(10-14(18)19-3)13(17)7-6-12-5-4-8-15-9-12/h11-12,15H,4-10H2,1-3H3. The largest absolute Gasteiger partial charge is 0.468 e. The predicted octanol–water partition coefficient (Wildman–Crippen LogP) is 1.18. The molecule has 0 bridgehead atoms. The molecule has 0 radical (unpaired) electrons. The second-order valence-electron chi connectivity index (χ2n) is 5.44. The highest BCUT2D eigenvalue weighted by Gasteiger charge is 2.22. The molecule has 0 aromatic heterocycles. The van der Waals surface area contributed by atoms with Crippen LogP contribution < -0.4 is 5.32 Å². The molecule has 1 rings (SSSR count). The molecule has 1 N–H and O–H groups in total. The molecule has 1 fully saturated rings. The third-order valence-corrected chi connectivity index (χ3v) is 3.64. The predicted molar refractivity (Wildman–Crippen MR) is 73.7 cm³/mol. The van der Waals surface area contributed by atoms with E-state index in [9.17, 15) is 9.59 Å². The van der Waals surface area contributed by atoms with Gasteiger partial charge in [0, 0.05) is 12.5 Å². The Labute approximate surface area is 115 Å². The van der Waals surface area contributed by atoms with E-state index in [0.29, 0.717) is 12.3 Å². The first-order valence-corrected chi connectivity index (χ1v) is 7.11. The summed E-state index contributed by atoms with van der Waals surface area (Å²) in [4.78, 5) is 25.1. The molecule has 0 aromatic rings. The number of nitrogens with zero attached hydrogens (tertiary/aromatic N) is 1. The molecule has 0 aromatic carbocycles. The minimum absolute atomic E-state index is 0.0241. The molecule has 1 amide bonds. The fourth-order valence-corrected chi connectivity index (χ4v) is 2.40. The van der Waals surface area contributed by atoms with Gasteiger partial charge in [-0.3, -0.25) is 9.59 Å². The highest BCUT2D eigenvalue weighted by atomic mass is 16.5. The van der Waals surface area contributed by atoms with Crippen LogP contribution in [-0.4, -0.2) is 49.6 Å². The number of amides is 1. The quantitative estimate of drug-likeness (QED) is 0.736. The summed E-state index contributed by atoms with van der Waals surface area (Å²) in [7, 11) is 1.35. The SMILES string of the molecule is COC(=O)CN(C(=O)CCC1CCCNC1)C(C)C. The lowest BCUT2D eigenvalue weighted by Gasteiger charge is -2.27. The zero-order valence-corrected chi connectivity index (χ0v) is 12.3. The molecule has 1 atom stereocenters. The third kappa shape index (κ3) is 5.59. The molecule has 1 aliphatic heterocycles. The van der Waals surface area contributed by atoms with Crippen molar-refractivity contribution >= 4 is 11.9 Å². The third-order valence-electron chi connectivity index (χ3n) is 3.64. The number of carbonyl (C=O) groups is 2. The number of piperidine rings is 1. The summed E-state index contributed by atoms with van der Waals surface area (Å²) in [5.74, 6) is 0.275. The Balaban J connectivity index is 2.40. The molecule has 1 heterocycles. The van der Waals surface area contributed by atoms with E-state index in [1.807, 2.05) is 13.8 Å². The molecule has 1 saturated heterocycles. The molecule has 0 spiro atoms. The smallest absolute Gasteiger partial charge is 0.325 e. The number of nitrogens with one attached hydrogen (secondary N) is 1.